The van der Waals surface area contributed by atoms with Crippen molar-refractivity contribution >= 4 is 17.0 Å². The lowest BCUT2D eigenvalue weighted by atomic mass is 9.91. The highest BCUT2D eigenvalue weighted by atomic mass is 16.5. The number of aliphatic carboxylic acids is 1. The normalized spacial score (nSPS) is 16.6. The van der Waals surface area contributed by atoms with Crippen molar-refractivity contribution in [2.24, 2.45) is 7.05 Å². The lowest BCUT2D eigenvalue weighted by Crippen LogP contribution is -2.53. The standard InChI is InChI=1S/C22H25N3O4/c1-24-17-8-4-3-7-16(17)23-20(24)15-25-13-11-22(12-14-25,21(26)27)29-19-10-6-5-9-18(19)28-2/h3-10H,11-15H2,1-2H3,(H,26,27). The fourth-order valence-corrected chi connectivity index (χ4v) is 3.88. The lowest BCUT2D eigenvalue weighted by Gasteiger charge is -2.38. The van der Waals surface area contributed by atoms with Crippen molar-refractivity contribution < 1.29 is 19.4 Å². The summed E-state index contributed by atoms with van der Waals surface area (Å²) in [5, 5.41) is 9.93. The summed E-state index contributed by atoms with van der Waals surface area (Å²) in [6, 6.07) is 15.2. The number of carboxylic acids is 1. The zero-order chi connectivity index (χ0) is 20.4. The Hall–Kier alpha value is -3.06. The fourth-order valence-electron chi connectivity index (χ4n) is 3.88. The van der Waals surface area contributed by atoms with Crippen LogP contribution < -0.4 is 9.47 Å². The molecular formula is C22H25N3O4. The minimum Gasteiger partial charge on any atom is -0.493 e. The van der Waals surface area contributed by atoms with Crippen molar-refractivity contribution in [1.82, 2.24) is 14.5 Å². The minimum absolute atomic E-state index is 0.393. The van der Waals surface area contributed by atoms with E-state index in [2.05, 4.69) is 15.5 Å². The van der Waals surface area contributed by atoms with Gasteiger partial charge in [-0.25, -0.2) is 9.78 Å². The van der Waals surface area contributed by atoms with Gasteiger partial charge in [0.15, 0.2) is 11.5 Å². The zero-order valence-electron chi connectivity index (χ0n) is 16.7. The molecule has 1 saturated heterocycles. The number of ether oxygens (including phenoxy) is 2. The molecule has 1 fully saturated rings. The summed E-state index contributed by atoms with van der Waals surface area (Å²) in [5.74, 6) is 1.03. The SMILES string of the molecule is COc1ccccc1OC1(C(=O)O)CCN(Cc2nc3ccccc3n2C)CC1. The van der Waals surface area contributed by atoms with Crippen molar-refractivity contribution in [3.8, 4) is 11.5 Å². The topological polar surface area (TPSA) is 76.8 Å². The van der Waals surface area contributed by atoms with E-state index in [1.54, 1.807) is 19.2 Å². The third-order valence-corrected chi connectivity index (χ3v) is 5.67. The van der Waals surface area contributed by atoms with Gasteiger partial charge in [0.25, 0.3) is 0 Å². The Bertz CT molecular complexity index is 1020. The summed E-state index contributed by atoms with van der Waals surface area (Å²) >= 11 is 0. The van der Waals surface area contributed by atoms with Crippen LogP contribution in [-0.2, 0) is 18.4 Å². The van der Waals surface area contributed by atoms with Crippen LogP contribution in [0.1, 0.15) is 18.7 Å². The second-order valence-corrected chi connectivity index (χ2v) is 7.40. The highest BCUT2D eigenvalue weighted by Gasteiger charge is 2.44. The monoisotopic (exact) mass is 395 g/mol. The van der Waals surface area contributed by atoms with E-state index in [9.17, 15) is 9.90 Å². The predicted molar refractivity (Wildman–Crippen MR) is 109 cm³/mol. The molecule has 0 unspecified atom stereocenters. The van der Waals surface area contributed by atoms with Crippen molar-refractivity contribution in [2.45, 2.75) is 25.0 Å². The predicted octanol–water partition coefficient (Wildman–Crippen LogP) is 3.08. The minimum atomic E-state index is -1.25. The van der Waals surface area contributed by atoms with Gasteiger partial charge in [-0.1, -0.05) is 24.3 Å². The Balaban J connectivity index is 1.48. The van der Waals surface area contributed by atoms with E-state index in [1.807, 2.05) is 37.4 Å². The lowest BCUT2D eigenvalue weighted by molar-refractivity contribution is -0.160. The zero-order valence-corrected chi connectivity index (χ0v) is 16.7. The average Bonchev–Trinajstić information content (AvgIpc) is 3.05. The Morgan fingerprint density at radius 3 is 2.41 bits per heavy atom. The van der Waals surface area contributed by atoms with E-state index >= 15 is 0 Å². The van der Waals surface area contributed by atoms with Gasteiger partial charge in [0.05, 0.1) is 24.7 Å². The van der Waals surface area contributed by atoms with Gasteiger partial charge in [0, 0.05) is 33.0 Å². The van der Waals surface area contributed by atoms with Crippen molar-refractivity contribution in [3.63, 3.8) is 0 Å². The second-order valence-electron chi connectivity index (χ2n) is 7.40. The summed E-state index contributed by atoms with van der Waals surface area (Å²) in [6.45, 7) is 1.91. The number of fused-ring (bicyclic) bond motifs is 1. The van der Waals surface area contributed by atoms with E-state index in [0.29, 0.717) is 44.0 Å². The number of methoxy groups -OCH3 is 1. The highest BCUT2D eigenvalue weighted by Crippen LogP contribution is 2.35. The quantitative estimate of drug-likeness (QED) is 0.691. The Morgan fingerprint density at radius 2 is 1.76 bits per heavy atom. The van der Waals surface area contributed by atoms with Crippen LogP contribution in [-0.4, -0.2) is 51.3 Å². The molecule has 3 aromatic rings. The molecule has 7 nitrogen and oxygen atoms in total. The third kappa shape index (κ3) is 3.65. The first-order chi connectivity index (χ1) is 14.0. The average molecular weight is 395 g/mol. The Labute approximate surface area is 169 Å². The maximum atomic E-state index is 12.1. The number of para-hydroxylation sites is 4. The van der Waals surface area contributed by atoms with E-state index in [1.165, 1.54) is 0 Å². The number of hydrogen-bond donors (Lipinski definition) is 1. The van der Waals surface area contributed by atoms with Gasteiger partial charge in [-0.3, -0.25) is 4.90 Å². The first-order valence-corrected chi connectivity index (χ1v) is 9.70. The summed E-state index contributed by atoms with van der Waals surface area (Å²) in [5.41, 5.74) is 0.817. The van der Waals surface area contributed by atoms with Crippen LogP contribution in [0.2, 0.25) is 0 Å². The highest BCUT2D eigenvalue weighted by molar-refractivity contribution is 5.78. The molecule has 1 aliphatic rings. The molecule has 0 saturated carbocycles. The molecule has 1 aliphatic heterocycles. The molecule has 0 aliphatic carbocycles. The molecule has 7 heteroatoms. The molecule has 4 rings (SSSR count). The molecule has 0 atom stereocenters. The first-order valence-electron chi connectivity index (χ1n) is 9.70. The van der Waals surface area contributed by atoms with Gasteiger partial charge in [-0.05, 0) is 24.3 Å². The number of aryl methyl sites for hydroxylation is 1. The maximum absolute atomic E-state index is 12.1. The number of likely N-dealkylation sites (tertiary alicyclic amines) is 1. The molecule has 0 radical (unpaired) electrons. The number of carboxylic acid groups (broad SMARTS) is 1. The number of hydrogen-bond acceptors (Lipinski definition) is 5. The number of aromatic nitrogens is 2. The third-order valence-electron chi connectivity index (χ3n) is 5.67. The summed E-state index contributed by atoms with van der Waals surface area (Å²) in [4.78, 5) is 19.1. The van der Waals surface area contributed by atoms with E-state index < -0.39 is 11.6 Å². The van der Waals surface area contributed by atoms with Crippen LogP contribution in [0.25, 0.3) is 11.0 Å². The van der Waals surface area contributed by atoms with Crippen molar-refractivity contribution in [3.05, 3.63) is 54.4 Å². The van der Waals surface area contributed by atoms with E-state index in [0.717, 1.165) is 16.9 Å². The van der Waals surface area contributed by atoms with Gasteiger partial charge in [-0.2, -0.15) is 0 Å². The van der Waals surface area contributed by atoms with E-state index in [-0.39, 0.29) is 0 Å². The first kappa shape index (κ1) is 19.3. The van der Waals surface area contributed by atoms with Crippen LogP contribution in [0.5, 0.6) is 11.5 Å². The molecule has 2 aromatic carbocycles. The maximum Gasteiger partial charge on any atom is 0.348 e. The Kier molecular flexibility index (Phi) is 5.15. The largest absolute Gasteiger partial charge is 0.493 e. The smallest absolute Gasteiger partial charge is 0.348 e. The van der Waals surface area contributed by atoms with Crippen LogP contribution in [0.15, 0.2) is 48.5 Å². The second kappa shape index (κ2) is 7.75. The molecule has 0 spiro atoms. The molecule has 2 heterocycles. The number of carbonyl (C=O) groups is 1. The number of benzene rings is 2. The molecular weight excluding hydrogens is 370 g/mol. The molecule has 152 valence electrons. The Morgan fingerprint density at radius 1 is 1.10 bits per heavy atom. The molecule has 0 amide bonds. The molecule has 29 heavy (non-hydrogen) atoms. The van der Waals surface area contributed by atoms with E-state index in [4.69, 9.17) is 14.5 Å². The van der Waals surface area contributed by atoms with Crippen molar-refractivity contribution in [2.75, 3.05) is 20.2 Å². The summed E-state index contributed by atoms with van der Waals surface area (Å²) in [7, 11) is 3.57. The van der Waals surface area contributed by atoms with Crippen LogP contribution >= 0.6 is 0 Å². The van der Waals surface area contributed by atoms with Gasteiger partial charge < -0.3 is 19.1 Å². The molecule has 0 bridgehead atoms. The molecule has 1 aromatic heterocycles. The van der Waals surface area contributed by atoms with Crippen LogP contribution in [0.4, 0.5) is 0 Å². The van der Waals surface area contributed by atoms with Crippen LogP contribution in [0, 0.1) is 0 Å². The van der Waals surface area contributed by atoms with Crippen LogP contribution in [0.3, 0.4) is 0 Å². The molecule has 1 N–H and O–H groups in total. The summed E-state index contributed by atoms with van der Waals surface area (Å²) < 4.78 is 13.4. The van der Waals surface area contributed by atoms with Gasteiger partial charge >= 0.3 is 5.97 Å². The number of imidazole rings is 1. The fraction of sp³-hybridized carbons (Fsp3) is 0.364. The number of nitrogens with zero attached hydrogens (tertiary/aromatic N) is 3. The van der Waals surface area contributed by atoms with Gasteiger partial charge in [0.1, 0.15) is 5.82 Å². The summed E-state index contributed by atoms with van der Waals surface area (Å²) in [6.07, 6.45) is 0.786. The van der Waals surface area contributed by atoms with Gasteiger partial charge in [-0.15, -0.1) is 0 Å². The number of rotatable bonds is 6. The van der Waals surface area contributed by atoms with Crippen molar-refractivity contribution in [1.29, 1.82) is 0 Å². The number of piperidine rings is 1. The van der Waals surface area contributed by atoms with Gasteiger partial charge in [0.2, 0.25) is 5.60 Å².